The molecule has 2 aliphatic heterocycles. The summed E-state index contributed by atoms with van der Waals surface area (Å²) in [6, 6.07) is 0.878. The van der Waals surface area contributed by atoms with Crippen LogP contribution < -0.4 is 5.32 Å². The number of alkyl halides is 3. The smallest absolute Gasteiger partial charge is 0.381 e. The number of rotatable bonds is 5. The zero-order valence-corrected chi connectivity index (χ0v) is 22.1. The normalized spacial score (nSPS) is 16.6. The molecule has 0 aliphatic carbocycles. The summed E-state index contributed by atoms with van der Waals surface area (Å²) < 4.78 is 62.4. The number of anilines is 2. The minimum atomic E-state index is -4.74. The lowest BCUT2D eigenvalue weighted by atomic mass is 10.1. The highest BCUT2D eigenvalue weighted by molar-refractivity contribution is 6.33. The lowest BCUT2D eigenvalue weighted by Gasteiger charge is -2.27. The number of nitrogens with zero attached hydrogens (tertiary/aromatic N) is 6. The summed E-state index contributed by atoms with van der Waals surface area (Å²) in [4.78, 5) is 30.3. The van der Waals surface area contributed by atoms with E-state index in [-0.39, 0.29) is 59.6 Å². The van der Waals surface area contributed by atoms with Crippen molar-refractivity contribution in [2.45, 2.75) is 44.3 Å². The van der Waals surface area contributed by atoms with Gasteiger partial charge < -0.3 is 19.5 Å². The van der Waals surface area contributed by atoms with E-state index >= 15 is 0 Å². The van der Waals surface area contributed by atoms with E-state index in [1.54, 1.807) is 4.90 Å². The van der Waals surface area contributed by atoms with Crippen molar-refractivity contribution in [1.82, 2.24) is 29.4 Å². The predicted octanol–water partition coefficient (Wildman–Crippen LogP) is 5.69. The Morgan fingerprint density at radius 1 is 1.05 bits per heavy atom. The van der Waals surface area contributed by atoms with Gasteiger partial charge in [-0.3, -0.25) is 4.79 Å². The number of aromatic nitrogens is 5. The Balaban J connectivity index is 0.00000353. The third-order valence-electron chi connectivity index (χ3n) is 6.54. The fourth-order valence-corrected chi connectivity index (χ4v) is 4.95. The summed E-state index contributed by atoms with van der Waals surface area (Å²) in [5, 5.41) is 2.94. The fraction of sp³-hybridized carbons (Fsp3) is 0.458. The largest absolute Gasteiger partial charge is 0.449 e. The number of hydrogen-bond acceptors (Lipinski definition) is 7. The Bertz CT molecular complexity index is 1330. The second-order valence-electron chi connectivity index (χ2n) is 9.10. The third-order valence-corrected chi connectivity index (χ3v) is 6.82. The van der Waals surface area contributed by atoms with Gasteiger partial charge in [-0.15, -0.1) is 12.4 Å². The summed E-state index contributed by atoms with van der Waals surface area (Å²) in [6.07, 6.45) is 2.00. The molecule has 5 heterocycles. The molecule has 1 N–H and O–H groups in total. The molecule has 5 rings (SSSR count). The van der Waals surface area contributed by atoms with E-state index in [4.69, 9.17) is 16.3 Å². The summed E-state index contributed by atoms with van der Waals surface area (Å²) in [6.45, 7) is 1.85. The third kappa shape index (κ3) is 6.25. The zero-order chi connectivity index (χ0) is 26.9. The van der Waals surface area contributed by atoms with Crippen LogP contribution in [0.1, 0.15) is 54.5 Å². The Labute approximate surface area is 232 Å². The van der Waals surface area contributed by atoms with Crippen molar-refractivity contribution in [2.24, 2.45) is 0 Å². The molecule has 3 aromatic rings. The van der Waals surface area contributed by atoms with Crippen molar-refractivity contribution in [2.75, 3.05) is 31.6 Å². The van der Waals surface area contributed by atoms with Crippen LogP contribution in [0.3, 0.4) is 0 Å². The van der Waals surface area contributed by atoms with E-state index in [0.717, 1.165) is 36.2 Å². The molecule has 0 atom stereocenters. The summed E-state index contributed by atoms with van der Waals surface area (Å²) >= 11 is 6.34. The number of carbonyl (C=O) groups excluding carboxylic acids is 1. The number of piperidine rings is 1. The molecule has 1 amide bonds. The zero-order valence-electron chi connectivity index (χ0n) is 20.5. The van der Waals surface area contributed by atoms with Gasteiger partial charge in [0.05, 0.1) is 35.0 Å². The molecule has 0 saturated carbocycles. The highest BCUT2D eigenvalue weighted by atomic mass is 35.5. The first kappa shape index (κ1) is 29.0. The number of halogens is 6. The lowest BCUT2D eigenvalue weighted by Crippen LogP contribution is -2.36. The van der Waals surface area contributed by atoms with Crippen LogP contribution in [0.5, 0.6) is 0 Å². The SMILES string of the molecule is Cl.O=C(c1ncc(Nc2ncc(F)c(-c3cnc(C(F)(F)F)n3C3CCOCC3)n2)cc1Cl)N1CCCCC1. The van der Waals surface area contributed by atoms with Crippen LogP contribution >= 0.6 is 24.0 Å². The molecule has 0 radical (unpaired) electrons. The second-order valence-corrected chi connectivity index (χ2v) is 9.51. The Hall–Kier alpha value is -3.03. The van der Waals surface area contributed by atoms with Gasteiger partial charge in [-0.2, -0.15) is 13.2 Å². The molecule has 210 valence electrons. The molecular weight excluding hydrogens is 565 g/mol. The maximum Gasteiger partial charge on any atom is 0.449 e. The molecule has 0 unspecified atom stereocenters. The maximum atomic E-state index is 14.9. The average Bonchev–Trinajstić information content (AvgIpc) is 3.36. The molecule has 0 bridgehead atoms. The van der Waals surface area contributed by atoms with Gasteiger partial charge in [0.15, 0.2) is 5.82 Å². The van der Waals surface area contributed by atoms with Crippen LogP contribution in [0, 0.1) is 5.82 Å². The van der Waals surface area contributed by atoms with E-state index in [1.807, 2.05) is 0 Å². The summed E-state index contributed by atoms with van der Waals surface area (Å²) in [5.74, 6) is -2.39. The van der Waals surface area contributed by atoms with E-state index in [2.05, 4.69) is 25.3 Å². The fourth-order valence-electron chi connectivity index (χ4n) is 4.71. The van der Waals surface area contributed by atoms with Crippen LogP contribution in [0.2, 0.25) is 5.02 Å². The average molecular weight is 590 g/mol. The molecule has 9 nitrogen and oxygen atoms in total. The van der Waals surface area contributed by atoms with Crippen LogP contribution in [0.25, 0.3) is 11.4 Å². The highest BCUT2D eigenvalue weighted by Crippen LogP contribution is 2.37. The quantitative estimate of drug-likeness (QED) is 0.382. The predicted molar refractivity (Wildman–Crippen MR) is 137 cm³/mol. The van der Waals surface area contributed by atoms with Crippen LogP contribution in [-0.4, -0.2) is 61.6 Å². The van der Waals surface area contributed by atoms with Gasteiger partial charge in [0.2, 0.25) is 11.8 Å². The van der Waals surface area contributed by atoms with Crippen molar-refractivity contribution in [1.29, 1.82) is 0 Å². The molecule has 0 aromatic carbocycles. The van der Waals surface area contributed by atoms with E-state index in [0.29, 0.717) is 31.6 Å². The molecule has 2 saturated heterocycles. The van der Waals surface area contributed by atoms with Gasteiger partial charge in [0, 0.05) is 32.3 Å². The van der Waals surface area contributed by atoms with Gasteiger partial charge in [-0.25, -0.2) is 24.3 Å². The van der Waals surface area contributed by atoms with Crippen molar-refractivity contribution in [3.05, 3.63) is 47.0 Å². The first-order chi connectivity index (χ1) is 18.2. The standard InChI is InChI=1S/C24H24ClF4N7O2.ClH/c25-16-10-14(11-30-19(16)21(37)35-6-2-1-3-7-35)33-23-32-12-17(26)20(34-23)18-13-31-22(24(27,28)29)36(18)15-4-8-38-9-5-15;/h10-13,15H,1-9H2,(H,32,33,34);1H. The van der Waals surface area contributed by atoms with E-state index in [1.165, 1.54) is 12.3 Å². The number of amides is 1. The van der Waals surface area contributed by atoms with Gasteiger partial charge >= 0.3 is 6.18 Å². The Morgan fingerprint density at radius 3 is 2.44 bits per heavy atom. The molecule has 2 aliphatic rings. The monoisotopic (exact) mass is 589 g/mol. The second kappa shape index (κ2) is 12.0. The van der Waals surface area contributed by atoms with Gasteiger partial charge in [-0.05, 0) is 38.2 Å². The minimum Gasteiger partial charge on any atom is -0.381 e. The van der Waals surface area contributed by atoms with Crippen LogP contribution in [0.4, 0.5) is 29.2 Å². The van der Waals surface area contributed by atoms with Crippen LogP contribution in [-0.2, 0) is 10.9 Å². The summed E-state index contributed by atoms with van der Waals surface area (Å²) in [5.41, 5.74) is -0.0321. The molecular formula is C24H25Cl2F4N7O2. The Morgan fingerprint density at radius 2 is 1.77 bits per heavy atom. The number of carbonyl (C=O) groups is 1. The number of imidazole rings is 1. The van der Waals surface area contributed by atoms with Gasteiger partial charge in [0.1, 0.15) is 11.4 Å². The van der Waals surface area contributed by atoms with Crippen molar-refractivity contribution in [3.63, 3.8) is 0 Å². The van der Waals surface area contributed by atoms with Crippen molar-refractivity contribution in [3.8, 4) is 11.4 Å². The first-order valence-corrected chi connectivity index (χ1v) is 12.6. The van der Waals surface area contributed by atoms with Crippen molar-refractivity contribution < 1.29 is 27.1 Å². The maximum absolute atomic E-state index is 14.9. The lowest BCUT2D eigenvalue weighted by molar-refractivity contribution is -0.148. The number of nitrogens with one attached hydrogen (secondary N) is 1. The molecule has 3 aromatic heterocycles. The Kier molecular flexibility index (Phi) is 8.92. The van der Waals surface area contributed by atoms with Gasteiger partial charge in [0.25, 0.3) is 5.91 Å². The molecule has 0 spiro atoms. The molecule has 39 heavy (non-hydrogen) atoms. The number of pyridine rings is 1. The molecule has 2 fully saturated rings. The number of ether oxygens (including phenoxy) is 1. The van der Waals surface area contributed by atoms with Crippen LogP contribution in [0.15, 0.2) is 24.7 Å². The molecule has 15 heteroatoms. The first-order valence-electron chi connectivity index (χ1n) is 12.2. The van der Waals surface area contributed by atoms with Gasteiger partial charge in [-0.1, -0.05) is 11.6 Å². The van der Waals surface area contributed by atoms with E-state index < -0.39 is 23.9 Å². The number of hydrogen-bond donors (Lipinski definition) is 1. The number of likely N-dealkylation sites (tertiary alicyclic amines) is 1. The topological polar surface area (TPSA) is 98.1 Å². The van der Waals surface area contributed by atoms with Crippen molar-refractivity contribution >= 4 is 41.6 Å². The van der Waals surface area contributed by atoms with E-state index in [9.17, 15) is 22.4 Å². The highest BCUT2D eigenvalue weighted by Gasteiger charge is 2.40. The summed E-state index contributed by atoms with van der Waals surface area (Å²) in [7, 11) is 0. The minimum absolute atomic E-state index is 0.